The molecular formula is C39H43NO4. The van der Waals surface area contributed by atoms with Gasteiger partial charge < -0.3 is 14.8 Å². The Morgan fingerprint density at radius 2 is 1.20 bits per heavy atom. The molecule has 1 amide bonds. The summed E-state index contributed by atoms with van der Waals surface area (Å²) in [5.41, 5.74) is 1.80. The summed E-state index contributed by atoms with van der Waals surface area (Å²) < 4.78 is 12.0. The molecule has 4 aromatic rings. The topological polar surface area (TPSA) is 64.6 Å². The van der Waals surface area contributed by atoms with Crippen LogP contribution in [0.1, 0.15) is 68.3 Å². The minimum atomic E-state index is -1.42. The Morgan fingerprint density at radius 3 is 1.70 bits per heavy atom. The van der Waals surface area contributed by atoms with Crippen molar-refractivity contribution in [2.75, 3.05) is 7.11 Å². The summed E-state index contributed by atoms with van der Waals surface area (Å²) in [5.74, 6) is 0.128. The van der Waals surface area contributed by atoms with E-state index in [1.807, 2.05) is 97.1 Å². The maximum absolute atomic E-state index is 15.3. The monoisotopic (exact) mass is 589 g/mol. The summed E-state index contributed by atoms with van der Waals surface area (Å²) in [7, 11) is 1.34. The van der Waals surface area contributed by atoms with Gasteiger partial charge in [0.15, 0.2) is 0 Å². The van der Waals surface area contributed by atoms with Gasteiger partial charge in [0.1, 0.15) is 11.5 Å². The molecule has 1 aliphatic rings. The second-order valence-corrected chi connectivity index (χ2v) is 12.6. The van der Waals surface area contributed by atoms with Gasteiger partial charge in [-0.1, -0.05) is 149 Å². The molecule has 0 aliphatic heterocycles. The Kier molecular flexibility index (Phi) is 9.53. The molecule has 0 saturated heterocycles. The Balaban J connectivity index is 1.69. The predicted octanol–water partition coefficient (Wildman–Crippen LogP) is 8.40. The van der Waals surface area contributed by atoms with E-state index in [-0.39, 0.29) is 17.4 Å². The molecule has 4 atom stereocenters. The van der Waals surface area contributed by atoms with E-state index in [0.717, 1.165) is 36.0 Å². The Hall–Kier alpha value is -4.38. The van der Waals surface area contributed by atoms with Crippen LogP contribution < -0.4 is 5.32 Å². The van der Waals surface area contributed by atoms with E-state index in [9.17, 15) is 4.79 Å². The minimum Gasteiger partial charge on any atom is -0.461 e. The first-order valence-corrected chi connectivity index (χ1v) is 15.6. The molecule has 228 valence electrons. The standard InChI is InChI=1S/C39H43NO4/c1-28-25-26-33(38(2,3)30-19-11-6-12-20-30)34(27-28)44-36(41)39(31-21-13-7-14-22-31,32-23-15-8-16-24-32)35(40-37(42)43-4)29-17-9-5-10-18-29/h5-24,28,33-35H,25-27H2,1-4H3,(H,40,42)/t28-,33-,34-,35+/m1/s1. The van der Waals surface area contributed by atoms with E-state index in [2.05, 4.69) is 50.4 Å². The third kappa shape index (κ3) is 6.14. The molecule has 0 spiro atoms. The van der Waals surface area contributed by atoms with E-state index < -0.39 is 23.5 Å². The molecular weight excluding hydrogens is 546 g/mol. The summed E-state index contributed by atoms with van der Waals surface area (Å²) in [6, 6.07) is 38.6. The number of nitrogens with one attached hydrogen (secondary N) is 1. The van der Waals surface area contributed by atoms with Gasteiger partial charge >= 0.3 is 12.1 Å². The van der Waals surface area contributed by atoms with E-state index >= 15 is 4.79 Å². The number of ether oxygens (including phenoxy) is 2. The molecule has 0 unspecified atom stereocenters. The van der Waals surface area contributed by atoms with Crippen LogP contribution in [0.4, 0.5) is 4.79 Å². The highest BCUT2D eigenvalue weighted by atomic mass is 16.5. The van der Waals surface area contributed by atoms with Gasteiger partial charge in [0, 0.05) is 5.92 Å². The van der Waals surface area contributed by atoms with Crippen molar-refractivity contribution in [3.63, 3.8) is 0 Å². The number of esters is 1. The van der Waals surface area contributed by atoms with Crippen molar-refractivity contribution >= 4 is 12.1 Å². The third-order valence-corrected chi connectivity index (χ3v) is 9.55. The van der Waals surface area contributed by atoms with Crippen LogP contribution in [0.2, 0.25) is 0 Å². The normalized spacial score (nSPS) is 19.4. The second kappa shape index (κ2) is 13.5. The first-order chi connectivity index (χ1) is 21.3. The Bertz CT molecular complexity index is 1470. The van der Waals surface area contributed by atoms with Gasteiger partial charge in [-0.25, -0.2) is 4.79 Å². The fourth-order valence-corrected chi connectivity index (χ4v) is 7.12. The number of benzene rings is 4. The summed E-state index contributed by atoms with van der Waals surface area (Å²) >= 11 is 0. The largest absolute Gasteiger partial charge is 0.461 e. The van der Waals surface area contributed by atoms with Crippen LogP contribution >= 0.6 is 0 Å². The molecule has 5 rings (SSSR count). The van der Waals surface area contributed by atoms with Crippen LogP contribution in [0.25, 0.3) is 0 Å². The fourth-order valence-electron chi connectivity index (χ4n) is 7.12. The lowest BCUT2D eigenvalue weighted by atomic mass is 9.64. The molecule has 5 heteroatoms. The van der Waals surface area contributed by atoms with Crippen LogP contribution in [0.15, 0.2) is 121 Å². The number of amides is 1. The first-order valence-electron chi connectivity index (χ1n) is 15.6. The zero-order chi connectivity index (χ0) is 31.2. The number of hydrogen-bond acceptors (Lipinski definition) is 4. The number of hydrogen-bond donors (Lipinski definition) is 1. The van der Waals surface area contributed by atoms with Crippen LogP contribution in [0.3, 0.4) is 0 Å². The molecule has 0 heterocycles. The lowest BCUT2D eigenvalue weighted by Gasteiger charge is -2.46. The van der Waals surface area contributed by atoms with Gasteiger partial charge in [-0.2, -0.15) is 0 Å². The average Bonchev–Trinajstić information content (AvgIpc) is 3.06. The van der Waals surface area contributed by atoms with Crippen LogP contribution in [0, 0.1) is 11.8 Å². The zero-order valence-electron chi connectivity index (χ0n) is 26.1. The van der Waals surface area contributed by atoms with E-state index in [4.69, 9.17) is 9.47 Å². The van der Waals surface area contributed by atoms with Gasteiger partial charge in [-0.05, 0) is 46.4 Å². The number of methoxy groups -OCH3 is 1. The van der Waals surface area contributed by atoms with Gasteiger partial charge in [-0.15, -0.1) is 0 Å². The van der Waals surface area contributed by atoms with Crippen molar-refractivity contribution in [2.24, 2.45) is 11.8 Å². The number of carbonyl (C=O) groups is 2. The lowest BCUT2D eigenvalue weighted by molar-refractivity contribution is -0.163. The van der Waals surface area contributed by atoms with Crippen molar-refractivity contribution in [3.8, 4) is 0 Å². The van der Waals surface area contributed by atoms with Gasteiger partial charge in [-0.3, -0.25) is 4.79 Å². The molecule has 0 bridgehead atoms. The molecule has 1 aliphatic carbocycles. The fraction of sp³-hybridized carbons (Fsp3) is 0.333. The second-order valence-electron chi connectivity index (χ2n) is 12.6. The van der Waals surface area contributed by atoms with Crippen LogP contribution in [-0.4, -0.2) is 25.3 Å². The quantitative estimate of drug-likeness (QED) is 0.199. The van der Waals surface area contributed by atoms with Crippen LogP contribution in [0.5, 0.6) is 0 Å². The van der Waals surface area contributed by atoms with E-state index in [1.165, 1.54) is 12.7 Å². The summed E-state index contributed by atoms with van der Waals surface area (Å²) in [6.45, 7) is 6.76. The van der Waals surface area contributed by atoms with Gasteiger partial charge in [0.2, 0.25) is 0 Å². The molecule has 4 aromatic carbocycles. The summed E-state index contributed by atoms with van der Waals surface area (Å²) in [5, 5.41) is 3.05. The highest BCUT2D eigenvalue weighted by Gasteiger charge is 2.53. The van der Waals surface area contributed by atoms with Gasteiger partial charge in [0.05, 0.1) is 13.2 Å². The molecule has 0 radical (unpaired) electrons. The predicted molar refractivity (Wildman–Crippen MR) is 174 cm³/mol. The lowest BCUT2D eigenvalue weighted by Crippen LogP contribution is -2.53. The summed E-state index contributed by atoms with van der Waals surface area (Å²) in [6.07, 6.45) is 1.86. The molecule has 44 heavy (non-hydrogen) atoms. The molecule has 1 fully saturated rings. The number of carbonyl (C=O) groups excluding carboxylic acids is 2. The molecule has 0 aromatic heterocycles. The first kappa shape index (κ1) is 31.1. The third-order valence-electron chi connectivity index (χ3n) is 9.55. The highest BCUT2D eigenvalue weighted by Crippen LogP contribution is 2.48. The average molecular weight is 590 g/mol. The van der Waals surface area contributed by atoms with Gasteiger partial charge in [0.25, 0.3) is 0 Å². The molecule has 5 nitrogen and oxygen atoms in total. The van der Waals surface area contributed by atoms with Crippen LogP contribution in [-0.2, 0) is 25.1 Å². The number of rotatable bonds is 9. The van der Waals surface area contributed by atoms with Crippen molar-refractivity contribution in [1.29, 1.82) is 0 Å². The van der Waals surface area contributed by atoms with E-state index in [0.29, 0.717) is 5.92 Å². The highest BCUT2D eigenvalue weighted by molar-refractivity contribution is 5.90. The van der Waals surface area contributed by atoms with Crippen molar-refractivity contribution in [2.45, 2.75) is 63.0 Å². The minimum absolute atomic E-state index is 0.109. The SMILES string of the molecule is COC(=O)N[C@@H](c1ccccc1)C(C(=O)O[C@@H]1C[C@H](C)CC[C@H]1C(C)(C)c1ccccc1)(c1ccccc1)c1ccccc1. The molecule has 1 N–H and O–H groups in total. The van der Waals surface area contributed by atoms with E-state index in [1.54, 1.807) is 0 Å². The maximum Gasteiger partial charge on any atom is 0.407 e. The Morgan fingerprint density at radius 1 is 0.727 bits per heavy atom. The van der Waals surface area contributed by atoms with Crippen molar-refractivity contribution < 1.29 is 19.1 Å². The smallest absolute Gasteiger partial charge is 0.407 e. The van der Waals surface area contributed by atoms with Crippen molar-refractivity contribution in [1.82, 2.24) is 5.32 Å². The molecule has 1 saturated carbocycles. The number of alkyl carbamates (subject to hydrolysis) is 1. The summed E-state index contributed by atoms with van der Waals surface area (Å²) in [4.78, 5) is 28.3. The van der Waals surface area contributed by atoms with Crippen molar-refractivity contribution in [3.05, 3.63) is 144 Å². The zero-order valence-corrected chi connectivity index (χ0v) is 26.1. The maximum atomic E-state index is 15.3. The Labute approximate surface area is 261 Å².